The standard InChI is InChI=1S/C13H12Cl2N2O2/c14-10-2-1-3-11(15)9(10)7-19-13-6-17-8(5-16)4-12(13)18/h1-4,6H,5,7,16H2,(H,17,18). The fourth-order valence-electron chi connectivity index (χ4n) is 1.55. The molecule has 0 aliphatic rings. The van der Waals surface area contributed by atoms with E-state index in [0.717, 1.165) is 0 Å². The van der Waals surface area contributed by atoms with Crippen LogP contribution in [-0.4, -0.2) is 4.98 Å². The van der Waals surface area contributed by atoms with E-state index in [1.165, 1.54) is 12.3 Å². The van der Waals surface area contributed by atoms with Crippen molar-refractivity contribution >= 4 is 23.2 Å². The predicted octanol–water partition coefficient (Wildman–Crippen LogP) is 2.72. The second-order valence-electron chi connectivity index (χ2n) is 3.88. The van der Waals surface area contributed by atoms with E-state index >= 15 is 0 Å². The lowest BCUT2D eigenvalue weighted by Gasteiger charge is -2.09. The summed E-state index contributed by atoms with van der Waals surface area (Å²) in [6.07, 6.45) is 1.48. The molecule has 2 aromatic rings. The van der Waals surface area contributed by atoms with E-state index in [9.17, 15) is 4.79 Å². The first-order chi connectivity index (χ1) is 9.11. The summed E-state index contributed by atoms with van der Waals surface area (Å²) in [5.74, 6) is 0.202. The number of nitrogens with two attached hydrogens (primary N) is 1. The van der Waals surface area contributed by atoms with Gasteiger partial charge in [-0.3, -0.25) is 4.79 Å². The third-order valence-electron chi connectivity index (χ3n) is 2.59. The summed E-state index contributed by atoms with van der Waals surface area (Å²) < 4.78 is 5.43. The van der Waals surface area contributed by atoms with Gasteiger partial charge in [0, 0.05) is 40.1 Å². The van der Waals surface area contributed by atoms with E-state index in [4.69, 9.17) is 33.7 Å². The van der Waals surface area contributed by atoms with Gasteiger partial charge in [0.25, 0.3) is 0 Å². The number of H-pyrrole nitrogens is 1. The zero-order valence-electron chi connectivity index (χ0n) is 9.95. The van der Waals surface area contributed by atoms with Crippen LogP contribution in [-0.2, 0) is 13.2 Å². The van der Waals surface area contributed by atoms with Crippen LogP contribution >= 0.6 is 23.2 Å². The number of nitrogens with one attached hydrogen (secondary N) is 1. The fourth-order valence-corrected chi connectivity index (χ4v) is 2.06. The van der Waals surface area contributed by atoms with E-state index in [2.05, 4.69) is 4.98 Å². The smallest absolute Gasteiger partial charge is 0.223 e. The average molecular weight is 299 g/mol. The van der Waals surface area contributed by atoms with Gasteiger partial charge in [0.1, 0.15) is 6.61 Å². The molecule has 19 heavy (non-hydrogen) atoms. The number of ether oxygens (including phenoxy) is 1. The molecule has 0 atom stereocenters. The second-order valence-corrected chi connectivity index (χ2v) is 4.69. The molecule has 100 valence electrons. The molecule has 6 heteroatoms. The minimum atomic E-state index is -0.234. The molecular weight excluding hydrogens is 287 g/mol. The van der Waals surface area contributed by atoms with Crippen LogP contribution in [0.2, 0.25) is 10.0 Å². The molecule has 0 amide bonds. The Labute approximate surface area is 120 Å². The third kappa shape index (κ3) is 3.29. The number of aromatic nitrogens is 1. The zero-order chi connectivity index (χ0) is 13.8. The molecule has 2 rings (SSSR count). The Kier molecular flexibility index (Phi) is 4.47. The topological polar surface area (TPSA) is 68.1 Å². The van der Waals surface area contributed by atoms with Crippen molar-refractivity contribution in [2.75, 3.05) is 0 Å². The number of hydrogen-bond acceptors (Lipinski definition) is 3. The highest BCUT2D eigenvalue weighted by atomic mass is 35.5. The van der Waals surface area contributed by atoms with Crippen molar-refractivity contribution in [1.29, 1.82) is 0 Å². The molecule has 1 aromatic carbocycles. The summed E-state index contributed by atoms with van der Waals surface area (Å²) in [5, 5.41) is 1.00. The Bertz CT molecular complexity index is 621. The molecule has 0 saturated heterocycles. The highest BCUT2D eigenvalue weighted by Crippen LogP contribution is 2.25. The normalized spacial score (nSPS) is 10.5. The monoisotopic (exact) mass is 298 g/mol. The molecule has 0 bridgehead atoms. The lowest BCUT2D eigenvalue weighted by atomic mass is 10.2. The summed E-state index contributed by atoms with van der Waals surface area (Å²) in [6, 6.07) is 6.59. The fraction of sp³-hybridized carbons (Fsp3) is 0.154. The molecule has 0 fully saturated rings. The molecule has 1 heterocycles. The zero-order valence-corrected chi connectivity index (χ0v) is 11.5. The molecule has 0 aliphatic heterocycles. The van der Waals surface area contributed by atoms with Crippen LogP contribution in [0, 0.1) is 0 Å². The molecule has 0 unspecified atom stereocenters. The van der Waals surface area contributed by atoms with E-state index < -0.39 is 0 Å². The number of benzene rings is 1. The second kappa shape index (κ2) is 6.10. The Hall–Kier alpha value is -1.49. The maximum absolute atomic E-state index is 11.7. The molecule has 0 saturated carbocycles. The van der Waals surface area contributed by atoms with Gasteiger partial charge in [0.15, 0.2) is 5.75 Å². The number of hydrogen-bond donors (Lipinski definition) is 2. The van der Waals surface area contributed by atoms with Gasteiger partial charge in [-0.15, -0.1) is 0 Å². The van der Waals surface area contributed by atoms with Gasteiger partial charge in [0.05, 0.1) is 0 Å². The minimum absolute atomic E-state index is 0.129. The minimum Gasteiger partial charge on any atom is -0.483 e. The van der Waals surface area contributed by atoms with Crippen LogP contribution in [0.1, 0.15) is 11.3 Å². The first-order valence-electron chi connectivity index (χ1n) is 5.59. The SMILES string of the molecule is NCc1cc(=O)c(OCc2c(Cl)cccc2Cl)c[nH]1. The lowest BCUT2D eigenvalue weighted by Crippen LogP contribution is -2.11. The van der Waals surface area contributed by atoms with E-state index in [1.807, 2.05) is 0 Å². The largest absolute Gasteiger partial charge is 0.483 e. The number of halogens is 2. The van der Waals surface area contributed by atoms with Crippen molar-refractivity contribution in [2.24, 2.45) is 5.73 Å². The highest BCUT2D eigenvalue weighted by Gasteiger charge is 2.08. The van der Waals surface area contributed by atoms with Gasteiger partial charge in [-0.1, -0.05) is 29.3 Å². The van der Waals surface area contributed by atoms with E-state index in [1.54, 1.807) is 18.2 Å². The van der Waals surface area contributed by atoms with Crippen LogP contribution < -0.4 is 15.9 Å². The van der Waals surface area contributed by atoms with Crippen molar-refractivity contribution in [3.63, 3.8) is 0 Å². The average Bonchev–Trinajstić information content (AvgIpc) is 2.39. The van der Waals surface area contributed by atoms with Crippen LogP contribution in [0.15, 0.2) is 35.3 Å². The maximum atomic E-state index is 11.7. The number of aromatic amines is 1. The van der Waals surface area contributed by atoms with E-state index in [-0.39, 0.29) is 24.3 Å². The first kappa shape index (κ1) is 13.9. The Morgan fingerprint density at radius 2 is 1.95 bits per heavy atom. The van der Waals surface area contributed by atoms with Crippen molar-refractivity contribution < 1.29 is 4.74 Å². The summed E-state index contributed by atoms with van der Waals surface area (Å²) in [4.78, 5) is 14.6. The molecule has 0 spiro atoms. The summed E-state index contributed by atoms with van der Waals surface area (Å²) >= 11 is 12.0. The summed E-state index contributed by atoms with van der Waals surface area (Å²) in [7, 11) is 0. The predicted molar refractivity (Wildman–Crippen MR) is 75.7 cm³/mol. The molecular formula is C13H12Cl2N2O2. The number of pyridine rings is 1. The van der Waals surface area contributed by atoms with Crippen LogP contribution in [0.5, 0.6) is 5.75 Å². The quantitative estimate of drug-likeness (QED) is 0.912. The number of rotatable bonds is 4. The Balaban J connectivity index is 2.17. The molecule has 3 N–H and O–H groups in total. The van der Waals surface area contributed by atoms with Gasteiger partial charge in [0.2, 0.25) is 5.43 Å². The summed E-state index contributed by atoms with van der Waals surface area (Å²) in [5.41, 5.74) is 6.49. The van der Waals surface area contributed by atoms with Crippen molar-refractivity contribution in [1.82, 2.24) is 4.98 Å². The molecule has 0 aliphatic carbocycles. The van der Waals surface area contributed by atoms with Crippen molar-refractivity contribution in [3.05, 3.63) is 62.0 Å². The van der Waals surface area contributed by atoms with Crippen LogP contribution in [0.4, 0.5) is 0 Å². The first-order valence-corrected chi connectivity index (χ1v) is 6.34. The highest BCUT2D eigenvalue weighted by molar-refractivity contribution is 6.35. The van der Waals surface area contributed by atoms with Gasteiger partial charge in [-0.2, -0.15) is 0 Å². The summed E-state index contributed by atoms with van der Waals surface area (Å²) in [6.45, 7) is 0.398. The van der Waals surface area contributed by atoms with Crippen molar-refractivity contribution in [3.8, 4) is 5.75 Å². The Morgan fingerprint density at radius 3 is 2.53 bits per heavy atom. The molecule has 4 nitrogen and oxygen atoms in total. The molecule has 0 radical (unpaired) electrons. The van der Waals surface area contributed by atoms with Gasteiger partial charge in [-0.05, 0) is 12.1 Å². The lowest BCUT2D eigenvalue weighted by molar-refractivity contribution is 0.302. The van der Waals surface area contributed by atoms with Crippen molar-refractivity contribution in [2.45, 2.75) is 13.2 Å². The Morgan fingerprint density at radius 1 is 1.26 bits per heavy atom. The third-order valence-corrected chi connectivity index (χ3v) is 3.30. The van der Waals surface area contributed by atoms with Crippen LogP contribution in [0.3, 0.4) is 0 Å². The van der Waals surface area contributed by atoms with Gasteiger partial charge < -0.3 is 15.5 Å². The van der Waals surface area contributed by atoms with Crippen LogP contribution in [0.25, 0.3) is 0 Å². The van der Waals surface area contributed by atoms with Gasteiger partial charge in [-0.25, -0.2) is 0 Å². The maximum Gasteiger partial charge on any atom is 0.223 e. The van der Waals surface area contributed by atoms with Gasteiger partial charge >= 0.3 is 0 Å². The molecule has 1 aromatic heterocycles. The van der Waals surface area contributed by atoms with E-state index in [0.29, 0.717) is 21.3 Å².